The van der Waals surface area contributed by atoms with Gasteiger partial charge in [-0.3, -0.25) is 4.79 Å². The van der Waals surface area contributed by atoms with E-state index in [1.54, 1.807) is 37.3 Å². The molecule has 0 aliphatic carbocycles. The lowest BCUT2D eigenvalue weighted by molar-refractivity contribution is -0.122. The van der Waals surface area contributed by atoms with Gasteiger partial charge in [-0.05, 0) is 53.2 Å². The minimum absolute atomic E-state index is 0.0122. The molecule has 1 atom stereocenters. The van der Waals surface area contributed by atoms with Crippen LogP contribution in [0, 0.1) is 0 Å². The number of rotatable bonds is 6. The molecule has 9 heteroatoms. The second-order valence-corrected chi connectivity index (χ2v) is 9.02. The van der Waals surface area contributed by atoms with E-state index in [0.717, 1.165) is 4.31 Å². The SMILES string of the molecule is CC(Oc1ccc(Cl)cc1Br)C(=O)Nc1ccccc1S(=O)(=O)N(C)C. The zero-order chi connectivity index (χ0) is 19.5. The van der Waals surface area contributed by atoms with Crippen molar-refractivity contribution < 1.29 is 17.9 Å². The number of benzene rings is 2. The van der Waals surface area contributed by atoms with Crippen molar-refractivity contribution in [2.45, 2.75) is 17.9 Å². The van der Waals surface area contributed by atoms with E-state index in [1.165, 1.54) is 26.2 Å². The highest BCUT2D eigenvalue weighted by molar-refractivity contribution is 9.10. The van der Waals surface area contributed by atoms with Crippen LogP contribution in [0.15, 0.2) is 51.8 Å². The van der Waals surface area contributed by atoms with Crippen LogP contribution in [0.5, 0.6) is 5.75 Å². The average molecular weight is 462 g/mol. The number of hydrogen-bond acceptors (Lipinski definition) is 4. The molecule has 0 saturated heterocycles. The van der Waals surface area contributed by atoms with Crippen molar-refractivity contribution in [2.24, 2.45) is 0 Å². The van der Waals surface area contributed by atoms with Gasteiger partial charge in [-0.2, -0.15) is 0 Å². The standard InChI is InChI=1S/C17H18BrClN2O4S/c1-11(25-15-9-8-12(19)10-13(15)18)17(22)20-14-6-4-5-7-16(14)26(23,24)21(2)3/h4-11H,1-3H3,(H,20,22). The number of ether oxygens (including phenoxy) is 1. The lowest BCUT2D eigenvalue weighted by Crippen LogP contribution is -2.31. The van der Waals surface area contributed by atoms with Crippen LogP contribution in [0.1, 0.15) is 6.92 Å². The quantitative estimate of drug-likeness (QED) is 0.711. The molecule has 0 aliphatic heterocycles. The molecule has 0 saturated carbocycles. The minimum atomic E-state index is -3.69. The number of hydrogen-bond donors (Lipinski definition) is 1. The van der Waals surface area contributed by atoms with Gasteiger partial charge in [0.05, 0.1) is 10.2 Å². The molecule has 0 heterocycles. The van der Waals surface area contributed by atoms with Gasteiger partial charge in [0, 0.05) is 19.1 Å². The zero-order valence-corrected chi connectivity index (χ0v) is 17.5. The second-order valence-electron chi connectivity index (χ2n) is 5.61. The van der Waals surface area contributed by atoms with Crippen LogP contribution in [0.2, 0.25) is 5.02 Å². The number of amides is 1. The van der Waals surface area contributed by atoms with Crippen molar-refractivity contribution >= 4 is 49.1 Å². The molecule has 26 heavy (non-hydrogen) atoms. The molecule has 1 unspecified atom stereocenters. The van der Waals surface area contributed by atoms with Gasteiger partial charge in [-0.25, -0.2) is 12.7 Å². The summed E-state index contributed by atoms with van der Waals surface area (Å²) in [4.78, 5) is 12.5. The number of para-hydroxylation sites is 1. The van der Waals surface area contributed by atoms with Crippen molar-refractivity contribution in [3.63, 3.8) is 0 Å². The van der Waals surface area contributed by atoms with Gasteiger partial charge in [0.1, 0.15) is 10.6 Å². The molecule has 1 amide bonds. The lowest BCUT2D eigenvalue weighted by atomic mass is 10.3. The van der Waals surface area contributed by atoms with E-state index in [-0.39, 0.29) is 10.6 Å². The summed E-state index contributed by atoms with van der Waals surface area (Å²) in [6, 6.07) is 11.1. The van der Waals surface area contributed by atoms with Crippen LogP contribution < -0.4 is 10.1 Å². The third-order valence-corrected chi connectivity index (χ3v) is 6.20. The number of nitrogens with zero attached hydrogens (tertiary/aromatic N) is 1. The highest BCUT2D eigenvalue weighted by Gasteiger charge is 2.24. The average Bonchev–Trinajstić information content (AvgIpc) is 2.57. The van der Waals surface area contributed by atoms with Gasteiger partial charge < -0.3 is 10.1 Å². The summed E-state index contributed by atoms with van der Waals surface area (Å²) in [5.74, 6) is -0.0282. The molecule has 0 aliphatic rings. The molecule has 0 fully saturated rings. The van der Waals surface area contributed by atoms with Crippen LogP contribution in [-0.2, 0) is 14.8 Å². The van der Waals surface area contributed by atoms with Gasteiger partial charge in [0.15, 0.2) is 6.10 Å². The molecule has 2 rings (SSSR count). The van der Waals surface area contributed by atoms with Crippen molar-refractivity contribution in [3.8, 4) is 5.75 Å². The normalized spacial score (nSPS) is 12.7. The Bertz CT molecular complexity index is 919. The maximum absolute atomic E-state index is 12.5. The van der Waals surface area contributed by atoms with Crippen molar-refractivity contribution in [3.05, 3.63) is 52.0 Å². The molecular formula is C17H18BrClN2O4S. The first-order chi connectivity index (χ1) is 12.1. The van der Waals surface area contributed by atoms with Crippen LogP contribution in [0.3, 0.4) is 0 Å². The van der Waals surface area contributed by atoms with Gasteiger partial charge >= 0.3 is 0 Å². The van der Waals surface area contributed by atoms with E-state index in [9.17, 15) is 13.2 Å². The van der Waals surface area contributed by atoms with Crippen molar-refractivity contribution in [1.29, 1.82) is 0 Å². The highest BCUT2D eigenvalue weighted by Crippen LogP contribution is 2.29. The van der Waals surface area contributed by atoms with E-state index < -0.39 is 22.0 Å². The van der Waals surface area contributed by atoms with E-state index in [0.29, 0.717) is 15.2 Å². The maximum Gasteiger partial charge on any atom is 0.265 e. The van der Waals surface area contributed by atoms with E-state index in [1.807, 2.05) is 0 Å². The highest BCUT2D eigenvalue weighted by atomic mass is 79.9. The summed E-state index contributed by atoms with van der Waals surface area (Å²) in [6.07, 6.45) is -0.859. The lowest BCUT2D eigenvalue weighted by Gasteiger charge is -2.18. The third-order valence-electron chi connectivity index (χ3n) is 3.47. The Labute approximate surface area is 166 Å². The molecule has 0 aromatic heterocycles. The van der Waals surface area contributed by atoms with Gasteiger partial charge in [-0.1, -0.05) is 23.7 Å². The summed E-state index contributed by atoms with van der Waals surface area (Å²) in [7, 11) is -0.837. The molecule has 140 valence electrons. The smallest absolute Gasteiger partial charge is 0.265 e. The Hall–Kier alpha value is -1.61. The molecule has 0 bridgehead atoms. The summed E-state index contributed by atoms with van der Waals surface area (Å²) in [5, 5.41) is 3.14. The zero-order valence-electron chi connectivity index (χ0n) is 14.4. The van der Waals surface area contributed by atoms with Gasteiger partial charge in [0.25, 0.3) is 5.91 Å². The Morgan fingerprint density at radius 2 is 1.88 bits per heavy atom. The summed E-state index contributed by atoms with van der Waals surface area (Å²) in [6.45, 7) is 1.57. The molecule has 2 aromatic carbocycles. The Morgan fingerprint density at radius 3 is 2.50 bits per heavy atom. The molecule has 1 N–H and O–H groups in total. The van der Waals surface area contributed by atoms with E-state index >= 15 is 0 Å². The van der Waals surface area contributed by atoms with Gasteiger partial charge in [0.2, 0.25) is 10.0 Å². The Kier molecular flexibility index (Phi) is 6.68. The van der Waals surface area contributed by atoms with Crippen molar-refractivity contribution in [1.82, 2.24) is 4.31 Å². The number of carbonyl (C=O) groups excluding carboxylic acids is 1. The van der Waals surface area contributed by atoms with E-state index in [4.69, 9.17) is 16.3 Å². The summed E-state index contributed by atoms with van der Waals surface area (Å²) in [5.41, 5.74) is 0.192. The first-order valence-corrected chi connectivity index (χ1v) is 10.2. The topological polar surface area (TPSA) is 75.7 Å². The fraction of sp³-hybridized carbons (Fsp3) is 0.235. The molecule has 0 spiro atoms. The minimum Gasteiger partial charge on any atom is -0.480 e. The molecule has 6 nitrogen and oxygen atoms in total. The fourth-order valence-corrected chi connectivity index (χ4v) is 3.86. The molecule has 2 aromatic rings. The third kappa shape index (κ3) is 4.76. The number of sulfonamides is 1. The summed E-state index contributed by atoms with van der Waals surface area (Å²) < 4.78 is 32.1. The monoisotopic (exact) mass is 460 g/mol. The molecular weight excluding hydrogens is 444 g/mol. The first-order valence-electron chi connectivity index (χ1n) is 7.57. The summed E-state index contributed by atoms with van der Waals surface area (Å²) >= 11 is 9.20. The van der Waals surface area contributed by atoms with E-state index in [2.05, 4.69) is 21.2 Å². The predicted octanol–water partition coefficient (Wildman–Crippen LogP) is 3.76. The van der Waals surface area contributed by atoms with Crippen LogP contribution in [0.25, 0.3) is 0 Å². The van der Waals surface area contributed by atoms with Crippen LogP contribution in [-0.4, -0.2) is 38.8 Å². The number of carbonyl (C=O) groups is 1. The number of anilines is 1. The number of nitrogens with one attached hydrogen (secondary N) is 1. The molecule has 0 radical (unpaired) electrons. The fourth-order valence-electron chi connectivity index (χ4n) is 2.04. The Balaban J connectivity index is 2.20. The van der Waals surface area contributed by atoms with Gasteiger partial charge in [-0.15, -0.1) is 0 Å². The van der Waals surface area contributed by atoms with Crippen LogP contribution in [0.4, 0.5) is 5.69 Å². The second kappa shape index (κ2) is 8.39. The first kappa shape index (κ1) is 20.7. The maximum atomic E-state index is 12.5. The van der Waals surface area contributed by atoms with Crippen molar-refractivity contribution in [2.75, 3.05) is 19.4 Å². The number of halogens is 2. The Morgan fingerprint density at radius 1 is 1.23 bits per heavy atom. The largest absolute Gasteiger partial charge is 0.480 e. The van der Waals surface area contributed by atoms with Crippen LogP contribution >= 0.6 is 27.5 Å². The predicted molar refractivity (Wildman–Crippen MR) is 105 cm³/mol.